The quantitative estimate of drug-likeness (QED) is 0.397. The van der Waals surface area contributed by atoms with Gasteiger partial charge in [-0.3, -0.25) is 5.43 Å². The number of morpholine rings is 1. The van der Waals surface area contributed by atoms with Gasteiger partial charge in [0.05, 0.1) is 25.1 Å². The zero-order chi connectivity index (χ0) is 21.0. The summed E-state index contributed by atoms with van der Waals surface area (Å²) in [6.07, 6.45) is 1.80. The highest BCUT2D eigenvalue weighted by atomic mass is 16.5. The summed E-state index contributed by atoms with van der Waals surface area (Å²) in [4.78, 5) is 7.02. The molecule has 0 saturated carbocycles. The highest BCUT2D eigenvalue weighted by Gasteiger charge is 2.18. The number of nitrogens with zero attached hydrogens (tertiary/aromatic N) is 5. The van der Waals surface area contributed by atoms with Crippen molar-refractivity contribution in [3.63, 3.8) is 0 Å². The zero-order valence-corrected chi connectivity index (χ0v) is 17.4. The molecule has 0 unspecified atom stereocenters. The minimum atomic E-state index is 0.678. The molecule has 156 valence electrons. The van der Waals surface area contributed by atoms with Crippen LogP contribution in [0.15, 0.2) is 71.8 Å². The number of rotatable bonds is 5. The molecule has 2 aromatic carbocycles. The molecule has 1 N–H and O–H groups in total. The Morgan fingerprint density at radius 1 is 1.00 bits per heavy atom. The molecule has 4 aromatic rings. The maximum absolute atomic E-state index is 5.54. The molecule has 1 fully saturated rings. The maximum Gasteiger partial charge on any atom is 0.160 e. The molecule has 0 bridgehead atoms. The number of ether oxygens (including phenoxy) is 1. The van der Waals surface area contributed by atoms with Gasteiger partial charge in [-0.2, -0.15) is 14.7 Å². The fourth-order valence-corrected chi connectivity index (χ4v) is 3.71. The average molecular weight is 412 g/mol. The van der Waals surface area contributed by atoms with Gasteiger partial charge in [0.1, 0.15) is 5.82 Å². The van der Waals surface area contributed by atoms with Gasteiger partial charge < -0.3 is 9.64 Å². The fourth-order valence-electron chi connectivity index (χ4n) is 3.71. The third-order valence-electron chi connectivity index (χ3n) is 5.25. The van der Waals surface area contributed by atoms with Crippen LogP contribution in [0.3, 0.4) is 0 Å². The summed E-state index contributed by atoms with van der Waals surface area (Å²) in [5, 5.41) is 9.24. The van der Waals surface area contributed by atoms with Crippen molar-refractivity contribution < 1.29 is 4.74 Å². The molecular formula is C24H24N6O. The normalized spacial score (nSPS) is 14.4. The lowest BCUT2D eigenvalue weighted by molar-refractivity contribution is 0.122. The molecule has 0 atom stereocenters. The van der Waals surface area contributed by atoms with Gasteiger partial charge in [0.25, 0.3) is 0 Å². The monoisotopic (exact) mass is 412 g/mol. The number of aryl methyl sites for hydroxylation is 1. The molecule has 7 heteroatoms. The van der Waals surface area contributed by atoms with E-state index < -0.39 is 0 Å². The largest absolute Gasteiger partial charge is 0.378 e. The molecule has 3 heterocycles. The minimum absolute atomic E-state index is 0.678. The highest BCUT2D eigenvalue weighted by Crippen LogP contribution is 2.25. The zero-order valence-electron chi connectivity index (χ0n) is 17.4. The summed E-state index contributed by atoms with van der Waals surface area (Å²) in [6, 6.07) is 22.4. The molecule has 5 rings (SSSR count). The standard InChI is InChI=1S/C24H24N6O/c1-18-6-5-7-19(14-18)17-25-27-22-16-24(29-10-12-31-13-11-29)30-23(26-22)15-21(28-30)20-8-3-2-4-9-20/h2-9,14-17H,10-13H2,1H3,(H,26,27). The summed E-state index contributed by atoms with van der Waals surface area (Å²) < 4.78 is 7.44. The van der Waals surface area contributed by atoms with E-state index in [2.05, 4.69) is 46.6 Å². The van der Waals surface area contributed by atoms with Crippen LogP contribution in [-0.2, 0) is 4.74 Å². The van der Waals surface area contributed by atoms with Gasteiger partial charge >= 0.3 is 0 Å². The number of hydrogen-bond donors (Lipinski definition) is 1. The molecule has 0 spiro atoms. The number of fused-ring (bicyclic) bond motifs is 1. The van der Waals surface area contributed by atoms with Crippen molar-refractivity contribution in [1.29, 1.82) is 0 Å². The lowest BCUT2D eigenvalue weighted by Crippen LogP contribution is -2.37. The van der Waals surface area contributed by atoms with Crippen LogP contribution in [0, 0.1) is 6.92 Å². The lowest BCUT2D eigenvalue weighted by atomic mass is 10.2. The van der Waals surface area contributed by atoms with Crippen LogP contribution >= 0.6 is 0 Å². The number of anilines is 2. The molecule has 1 aliphatic heterocycles. The molecule has 7 nitrogen and oxygen atoms in total. The second-order valence-corrected chi connectivity index (χ2v) is 7.55. The van der Waals surface area contributed by atoms with E-state index in [0.29, 0.717) is 19.0 Å². The second kappa shape index (κ2) is 8.57. The Morgan fingerprint density at radius 3 is 2.65 bits per heavy atom. The van der Waals surface area contributed by atoms with Gasteiger partial charge in [0.15, 0.2) is 11.5 Å². The summed E-state index contributed by atoms with van der Waals surface area (Å²) in [7, 11) is 0. The van der Waals surface area contributed by atoms with Crippen LogP contribution < -0.4 is 10.3 Å². The Balaban J connectivity index is 1.50. The van der Waals surface area contributed by atoms with Gasteiger partial charge in [0, 0.05) is 30.8 Å². The second-order valence-electron chi connectivity index (χ2n) is 7.55. The van der Waals surface area contributed by atoms with Gasteiger partial charge in [-0.05, 0) is 12.5 Å². The SMILES string of the molecule is Cc1cccc(C=NNc2cc(N3CCOCC3)n3nc(-c4ccccc4)cc3n2)c1. The van der Waals surface area contributed by atoms with Gasteiger partial charge in [-0.25, -0.2) is 4.98 Å². The van der Waals surface area contributed by atoms with E-state index in [0.717, 1.165) is 41.4 Å². The molecule has 0 amide bonds. The number of benzene rings is 2. The van der Waals surface area contributed by atoms with E-state index in [-0.39, 0.29) is 0 Å². The van der Waals surface area contributed by atoms with Gasteiger partial charge in [0.2, 0.25) is 0 Å². The number of hydrogen-bond acceptors (Lipinski definition) is 6. The topological polar surface area (TPSA) is 67.0 Å². The lowest BCUT2D eigenvalue weighted by Gasteiger charge is -2.29. The molecule has 0 radical (unpaired) electrons. The van der Waals surface area contributed by atoms with E-state index in [1.807, 2.05) is 47.0 Å². The third kappa shape index (κ3) is 4.27. The van der Waals surface area contributed by atoms with Crippen LogP contribution in [0.4, 0.5) is 11.6 Å². The van der Waals surface area contributed by atoms with Crippen LogP contribution in [-0.4, -0.2) is 47.1 Å². The first kappa shape index (κ1) is 19.3. The first-order valence-electron chi connectivity index (χ1n) is 10.4. The fraction of sp³-hybridized carbons (Fsp3) is 0.208. The molecule has 0 aliphatic carbocycles. The van der Waals surface area contributed by atoms with Crippen LogP contribution in [0.25, 0.3) is 16.9 Å². The van der Waals surface area contributed by atoms with E-state index in [1.54, 1.807) is 6.21 Å². The van der Waals surface area contributed by atoms with Crippen molar-refractivity contribution in [2.24, 2.45) is 5.10 Å². The van der Waals surface area contributed by atoms with Crippen LogP contribution in [0.1, 0.15) is 11.1 Å². The van der Waals surface area contributed by atoms with E-state index >= 15 is 0 Å². The first-order valence-corrected chi connectivity index (χ1v) is 10.4. The Hall–Kier alpha value is -3.71. The molecule has 31 heavy (non-hydrogen) atoms. The average Bonchev–Trinajstić information content (AvgIpc) is 3.24. The molecular weight excluding hydrogens is 388 g/mol. The van der Waals surface area contributed by atoms with Gasteiger partial charge in [-0.1, -0.05) is 60.2 Å². The van der Waals surface area contributed by atoms with E-state index in [9.17, 15) is 0 Å². The smallest absolute Gasteiger partial charge is 0.160 e. The summed E-state index contributed by atoms with van der Waals surface area (Å²) >= 11 is 0. The number of nitrogens with one attached hydrogen (secondary N) is 1. The first-order chi connectivity index (χ1) is 15.3. The Labute approximate surface area is 181 Å². The number of hydrazone groups is 1. The van der Waals surface area contributed by atoms with E-state index in [4.69, 9.17) is 14.8 Å². The summed E-state index contributed by atoms with van der Waals surface area (Å²) in [5.74, 6) is 1.65. The van der Waals surface area contributed by atoms with Crippen LogP contribution in [0.5, 0.6) is 0 Å². The summed E-state index contributed by atoms with van der Waals surface area (Å²) in [5.41, 5.74) is 8.06. The van der Waals surface area contributed by atoms with Gasteiger partial charge in [-0.15, -0.1) is 0 Å². The maximum atomic E-state index is 5.54. The highest BCUT2D eigenvalue weighted by molar-refractivity contribution is 5.80. The minimum Gasteiger partial charge on any atom is -0.378 e. The van der Waals surface area contributed by atoms with E-state index in [1.165, 1.54) is 5.56 Å². The van der Waals surface area contributed by atoms with Crippen LogP contribution in [0.2, 0.25) is 0 Å². The van der Waals surface area contributed by atoms with Crippen molar-refractivity contribution in [3.05, 3.63) is 77.9 Å². The Morgan fingerprint density at radius 2 is 1.84 bits per heavy atom. The predicted molar refractivity (Wildman–Crippen MR) is 124 cm³/mol. The van der Waals surface area contributed by atoms with Crippen molar-refractivity contribution >= 4 is 23.5 Å². The Kier molecular flexibility index (Phi) is 5.33. The van der Waals surface area contributed by atoms with Crippen molar-refractivity contribution in [3.8, 4) is 11.3 Å². The Bertz CT molecular complexity index is 1210. The summed E-state index contributed by atoms with van der Waals surface area (Å²) in [6.45, 7) is 5.09. The van der Waals surface area contributed by atoms with Crippen molar-refractivity contribution in [1.82, 2.24) is 14.6 Å². The molecule has 1 saturated heterocycles. The van der Waals surface area contributed by atoms with Crippen molar-refractivity contribution in [2.45, 2.75) is 6.92 Å². The molecule has 2 aromatic heterocycles. The third-order valence-corrected chi connectivity index (χ3v) is 5.25. The number of aromatic nitrogens is 3. The van der Waals surface area contributed by atoms with Crippen molar-refractivity contribution in [2.75, 3.05) is 36.6 Å². The molecule has 1 aliphatic rings. The predicted octanol–water partition coefficient (Wildman–Crippen LogP) is 3.99.